The smallest absolute Gasteiger partial charge is 0.251 e. The van der Waals surface area contributed by atoms with Crippen molar-refractivity contribution in [2.45, 2.75) is 17.1 Å². The van der Waals surface area contributed by atoms with Gasteiger partial charge in [0, 0.05) is 17.0 Å². The van der Waals surface area contributed by atoms with Crippen LogP contribution in [0.25, 0.3) is 0 Å². The molecule has 0 fully saturated rings. The van der Waals surface area contributed by atoms with Gasteiger partial charge in [0.05, 0.1) is 4.90 Å². The van der Waals surface area contributed by atoms with Crippen LogP contribution in [-0.4, -0.2) is 27.7 Å². The number of rotatable bonds is 6. The van der Waals surface area contributed by atoms with E-state index in [4.69, 9.17) is 9.47 Å². The molecule has 2 aromatic carbocycles. The maximum atomic E-state index is 13.3. The summed E-state index contributed by atoms with van der Waals surface area (Å²) in [6.45, 7) is 1.98. The van der Waals surface area contributed by atoms with Crippen LogP contribution in [0.1, 0.15) is 26.0 Å². The number of thiophene rings is 1. The van der Waals surface area contributed by atoms with Crippen LogP contribution in [-0.2, 0) is 9.84 Å². The zero-order valence-corrected chi connectivity index (χ0v) is 17.3. The minimum absolute atomic E-state index is 0.0377. The predicted molar refractivity (Wildman–Crippen MR) is 110 cm³/mol. The molecule has 1 N–H and O–H groups in total. The molecular formula is C21H19NO5S2. The number of aryl methyl sites for hydroxylation is 1. The van der Waals surface area contributed by atoms with E-state index in [-0.39, 0.29) is 24.1 Å². The second-order valence-corrected chi connectivity index (χ2v) is 9.75. The second kappa shape index (κ2) is 7.88. The summed E-state index contributed by atoms with van der Waals surface area (Å²) in [5, 5.41) is 3.71. The molecule has 4 rings (SSSR count). The van der Waals surface area contributed by atoms with Crippen LogP contribution >= 0.6 is 11.3 Å². The van der Waals surface area contributed by atoms with E-state index in [0.717, 1.165) is 5.56 Å². The number of ether oxygens (including phenoxy) is 2. The standard InChI is InChI=1S/C21H19NO5S2/c1-14-4-7-16(8-5-14)29(24,25)20(19-3-2-10-28-19)12-22-21(23)15-6-9-17-18(11-15)27-13-26-17/h2-11,20H,12-13H2,1H3,(H,22,23). The Kier molecular flexibility index (Phi) is 5.29. The Hall–Kier alpha value is -2.84. The Balaban J connectivity index is 1.57. The van der Waals surface area contributed by atoms with E-state index in [1.165, 1.54) is 11.3 Å². The van der Waals surface area contributed by atoms with Crippen molar-refractivity contribution in [1.29, 1.82) is 0 Å². The SMILES string of the molecule is Cc1ccc(S(=O)(=O)C(CNC(=O)c2ccc3c(c2)OCO3)c2cccs2)cc1. The van der Waals surface area contributed by atoms with Gasteiger partial charge >= 0.3 is 0 Å². The van der Waals surface area contributed by atoms with Crippen molar-refractivity contribution in [3.63, 3.8) is 0 Å². The molecule has 0 bridgehead atoms. The van der Waals surface area contributed by atoms with E-state index in [0.29, 0.717) is 21.9 Å². The summed E-state index contributed by atoms with van der Waals surface area (Å²) in [5.41, 5.74) is 1.36. The fourth-order valence-corrected chi connectivity index (χ4v) is 5.84. The van der Waals surface area contributed by atoms with Crippen LogP contribution in [0, 0.1) is 6.92 Å². The number of hydrogen-bond donors (Lipinski definition) is 1. The van der Waals surface area contributed by atoms with Crippen molar-refractivity contribution in [2.24, 2.45) is 0 Å². The third-order valence-corrected chi connectivity index (χ3v) is 7.90. The normalized spacial score (nSPS) is 13.8. The number of fused-ring (bicyclic) bond motifs is 1. The van der Waals surface area contributed by atoms with Gasteiger partial charge in [-0.2, -0.15) is 0 Å². The summed E-state index contributed by atoms with van der Waals surface area (Å²) in [5.74, 6) is 0.712. The van der Waals surface area contributed by atoms with Gasteiger partial charge in [-0.1, -0.05) is 23.8 Å². The van der Waals surface area contributed by atoms with Crippen LogP contribution in [0.3, 0.4) is 0 Å². The van der Waals surface area contributed by atoms with Crippen molar-refractivity contribution in [3.8, 4) is 11.5 Å². The minimum Gasteiger partial charge on any atom is -0.454 e. The quantitative estimate of drug-likeness (QED) is 0.646. The fraction of sp³-hybridized carbons (Fsp3) is 0.190. The van der Waals surface area contributed by atoms with E-state index in [1.54, 1.807) is 54.6 Å². The number of carbonyl (C=O) groups is 1. The molecule has 150 valence electrons. The lowest BCUT2D eigenvalue weighted by atomic mass is 10.2. The lowest BCUT2D eigenvalue weighted by molar-refractivity contribution is 0.0953. The Labute approximate surface area is 173 Å². The third-order valence-electron chi connectivity index (χ3n) is 4.67. The van der Waals surface area contributed by atoms with Gasteiger partial charge in [-0.3, -0.25) is 4.79 Å². The van der Waals surface area contributed by atoms with Crippen LogP contribution in [0.4, 0.5) is 0 Å². The summed E-state index contributed by atoms with van der Waals surface area (Å²) in [7, 11) is -3.68. The average molecular weight is 430 g/mol. The highest BCUT2D eigenvalue weighted by molar-refractivity contribution is 7.91. The Morgan fingerprint density at radius 2 is 1.86 bits per heavy atom. The number of nitrogens with one attached hydrogen (secondary N) is 1. The van der Waals surface area contributed by atoms with Gasteiger partial charge in [-0.05, 0) is 48.7 Å². The zero-order valence-electron chi connectivity index (χ0n) is 15.6. The molecule has 1 aliphatic heterocycles. The first-order chi connectivity index (χ1) is 13.9. The number of hydrogen-bond acceptors (Lipinski definition) is 6. The van der Waals surface area contributed by atoms with Crippen LogP contribution in [0.2, 0.25) is 0 Å². The highest BCUT2D eigenvalue weighted by atomic mass is 32.2. The van der Waals surface area contributed by atoms with Crippen LogP contribution in [0.15, 0.2) is 64.9 Å². The lowest BCUT2D eigenvalue weighted by Crippen LogP contribution is -2.31. The molecule has 8 heteroatoms. The molecule has 0 aliphatic carbocycles. The largest absolute Gasteiger partial charge is 0.454 e. The monoisotopic (exact) mass is 429 g/mol. The molecule has 1 aromatic heterocycles. The average Bonchev–Trinajstić information content (AvgIpc) is 3.39. The van der Waals surface area contributed by atoms with Gasteiger partial charge in [0.1, 0.15) is 5.25 Å². The highest BCUT2D eigenvalue weighted by Crippen LogP contribution is 2.33. The van der Waals surface area contributed by atoms with Gasteiger partial charge in [0.25, 0.3) is 5.91 Å². The molecule has 6 nitrogen and oxygen atoms in total. The molecule has 0 saturated carbocycles. The molecule has 3 aromatic rings. The van der Waals surface area contributed by atoms with Crippen molar-refractivity contribution in [2.75, 3.05) is 13.3 Å². The summed E-state index contributed by atoms with van der Waals surface area (Å²) in [6, 6.07) is 15.2. The summed E-state index contributed by atoms with van der Waals surface area (Å²) in [6.07, 6.45) is 0. The fourth-order valence-electron chi connectivity index (χ4n) is 3.06. The van der Waals surface area contributed by atoms with E-state index >= 15 is 0 Å². The zero-order chi connectivity index (χ0) is 20.4. The molecule has 1 aliphatic rings. The number of benzene rings is 2. The highest BCUT2D eigenvalue weighted by Gasteiger charge is 2.30. The van der Waals surface area contributed by atoms with Crippen LogP contribution in [0.5, 0.6) is 11.5 Å². The van der Waals surface area contributed by atoms with Crippen molar-refractivity contribution >= 4 is 27.1 Å². The third kappa shape index (κ3) is 3.99. The van der Waals surface area contributed by atoms with Crippen molar-refractivity contribution in [3.05, 3.63) is 76.0 Å². The first kappa shape index (κ1) is 19.5. The maximum absolute atomic E-state index is 13.3. The van der Waals surface area contributed by atoms with Crippen LogP contribution < -0.4 is 14.8 Å². The van der Waals surface area contributed by atoms with Gasteiger partial charge in [-0.15, -0.1) is 11.3 Å². The van der Waals surface area contributed by atoms with Crippen molar-refractivity contribution < 1.29 is 22.7 Å². The topological polar surface area (TPSA) is 81.7 Å². The summed E-state index contributed by atoms with van der Waals surface area (Å²) < 4.78 is 37.1. The molecule has 2 heterocycles. The first-order valence-corrected chi connectivity index (χ1v) is 11.4. The van der Waals surface area contributed by atoms with Crippen molar-refractivity contribution in [1.82, 2.24) is 5.32 Å². The van der Waals surface area contributed by atoms with E-state index < -0.39 is 15.1 Å². The summed E-state index contributed by atoms with van der Waals surface area (Å²) in [4.78, 5) is 13.5. The van der Waals surface area contributed by atoms with Gasteiger partial charge in [0.2, 0.25) is 6.79 Å². The molecule has 29 heavy (non-hydrogen) atoms. The minimum atomic E-state index is -3.68. The van der Waals surface area contributed by atoms with E-state index in [1.807, 2.05) is 12.3 Å². The lowest BCUT2D eigenvalue weighted by Gasteiger charge is -2.18. The Bertz CT molecular complexity index is 1120. The van der Waals surface area contributed by atoms with Gasteiger partial charge < -0.3 is 14.8 Å². The number of carbonyl (C=O) groups excluding carboxylic acids is 1. The maximum Gasteiger partial charge on any atom is 0.251 e. The number of sulfone groups is 1. The van der Waals surface area contributed by atoms with Gasteiger partial charge in [0.15, 0.2) is 21.3 Å². The first-order valence-electron chi connectivity index (χ1n) is 8.97. The Morgan fingerprint density at radius 1 is 1.10 bits per heavy atom. The summed E-state index contributed by atoms with van der Waals surface area (Å²) >= 11 is 1.35. The molecule has 1 atom stereocenters. The molecule has 1 unspecified atom stereocenters. The van der Waals surface area contributed by atoms with Gasteiger partial charge in [-0.25, -0.2) is 8.42 Å². The predicted octanol–water partition coefficient (Wildman–Crippen LogP) is 3.73. The number of amides is 1. The molecule has 0 radical (unpaired) electrons. The molecule has 0 spiro atoms. The van der Waals surface area contributed by atoms with E-state index in [2.05, 4.69) is 5.32 Å². The Morgan fingerprint density at radius 3 is 2.59 bits per heavy atom. The molecule has 0 saturated heterocycles. The van der Waals surface area contributed by atoms with E-state index in [9.17, 15) is 13.2 Å². The second-order valence-electron chi connectivity index (χ2n) is 6.64. The molecule has 1 amide bonds. The molecular weight excluding hydrogens is 410 g/mol.